The third kappa shape index (κ3) is 5.11. The van der Waals surface area contributed by atoms with Crippen molar-refractivity contribution in [1.29, 1.82) is 0 Å². The lowest BCUT2D eigenvalue weighted by Crippen LogP contribution is -2.37. The number of nitrogens with one attached hydrogen (secondary N) is 1. The summed E-state index contributed by atoms with van der Waals surface area (Å²) in [5, 5.41) is 12.1. The molecule has 0 unspecified atom stereocenters. The summed E-state index contributed by atoms with van der Waals surface area (Å²) in [6, 6.07) is 3.83. The van der Waals surface area contributed by atoms with E-state index in [0.29, 0.717) is 18.0 Å². The molecule has 1 saturated carbocycles. The quantitative estimate of drug-likeness (QED) is 0.794. The zero-order valence-electron chi connectivity index (χ0n) is 15.9. The maximum Gasteiger partial charge on any atom is 0.303 e. The molecule has 1 aliphatic heterocycles. The summed E-state index contributed by atoms with van der Waals surface area (Å²) in [6.45, 7) is 1.50. The number of anilines is 1. The molecule has 1 aliphatic carbocycles. The number of methoxy groups -OCH3 is 1. The predicted octanol–water partition coefficient (Wildman–Crippen LogP) is 2.84. The second kappa shape index (κ2) is 9.06. The second-order valence-corrected chi connectivity index (χ2v) is 7.59. The Balaban J connectivity index is 1.69. The van der Waals surface area contributed by atoms with E-state index in [1.165, 1.54) is 13.5 Å². The van der Waals surface area contributed by atoms with E-state index in [9.17, 15) is 9.59 Å². The summed E-state index contributed by atoms with van der Waals surface area (Å²) in [6.07, 6.45) is 7.64. The summed E-state index contributed by atoms with van der Waals surface area (Å²) in [4.78, 5) is 30.3. The van der Waals surface area contributed by atoms with Gasteiger partial charge in [0, 0.05) is 25.6 Å². The van der Waals surface area contributed by atoms with Crippen molar-refractivity contribution in [3.8, 4) is 5.88 Å². The average Bonchev–Trinajstić information content (AvgIpc) is 2.68. The normalized spacial score (nSPS) is 20.9. The lowest BCUT2D eigenvalue weighted by molar-refractivity contribution is -0.138. The first-order valence-electron chi connectivity index (χ1n) is 9.89. The van der Waals surface area contributed by atoms with Crippen LogP contribution in [0.4, 0.5) is 5.82 Å². The summed E-state index contributed by atoms with van der Waals surface area (Å²) in [7, 11) is 1.52. The Bertz CT molecular complexity index is 673. The molecule has 7 heteroatoms. The largest absolute Gasteiger partial charge is 0.481 e. The second-order valence-electron chi connectivity index (χ2n) is 7.59. The van der Waals surface area contributed by atoms with Crippen LogP contribution in [0.25, 0.3) is 0 Å². The molecule has 2 aliphatic rings. The molecule has 1 amide bonds. The van der Waals surface area contributed by atoms with Crippen molar-refractivity contribution in [3.63, 3.8) is 0 Å². The highest BCUT2D eigenvalue weighted by molar-refractivity contribution is 5.96. The van der Waals surface area contributed by atoms with Gasteiger partial charge in [-0.2, -0.15) is 4.98 Å². The fourth-order valence-corrected chi connectivity index (χ4v) is 4.13. The molecule has 1 aromatic rings. The first-order chi connectivity index (χ1) is 13.1. The highest BCUT2D eigenvalue weighted by Gasteiger charge is 2.25. The fourth-order valence-electron chi connectivity index (χ4n) is 4.13. The fraction of sp³-hybridized carbons (Fsp3) is 0.650. The molecule has 2 N–H and O–H groups in total. The lowest BCUT2D eigenvalue weighted by Gasteiger charge is -2.33. The topological polar surface area (TPSA) is 91.8 Å². The summed E-state index contributed by atoms with van der Waals surface area (Å²) in [5.41, 5.74) is 0.450. The Kier molecular flexibility index (Phi) is 6.53. The summed E-state index contributed by atoms with van der Waals surface area (Å²) < 4.78 is 5.39. The molecule has 0 bridgehead atoms. The van der Waals surface area contributed by atoms with E-state index in [1.54, 1.807) is 6.07 Å². The van der Waals surface area contributed by atoms with Crippen LogP contribution in [0.3, 0.4) is 0 Å². The molecule has 27 heavy (non-hydrogen) atoms. The lowest BCUT2D eigenvalue weighted by atomic mass is 9.95. The molecule has 3 rings (SSSR count). The number of hydrogen-bond acceptors (Lipinski definition) is 5. The molecular formula is C20H29N3O4. The number of carboxylic acid groups (broad SMARTS) is 1. The number of aromatic nitrogens is 1. The smallest absolute Gasteiger partial charge is 0.303 e. The number of rotatable bonds is 6. The Morgan fingerprint density at radius 2 is 2.00 bits per heavy atom. The van der Waals surface area contributed by atoms with Gasteiger partial charge in [-0.3, -0.25) is 9.59 Å². The van der Waals surface area contributed by atoms with Gasteiger partial charge in [0.25, 0.3) is 5.91 Å². The van der Waals surface area contributed by atoms with Crippen LogP contribution in [-0.4, -0.2) is 48.2 Å². The molecule has 1 saturated heterocycles. The molecule has 0 spiro atoms. The number of piperidine rings is 1. The molecule has 148 valence electrons. The zero-order valence-corrected chi connectivity index (χ0v) is 15.9. The van der Waals surface area contributed by atoms with Crippen LogP contribution in [-0.2, 0) is 4.79 Å². The van der Waals surface area contributed by atoms with Crippen molar-refractivity contribution in [2.24, 2.45) is 5.92 Å². The number of amides is 1. The highest BCUT2D eigenvalue weighted by atomic mass is 16.5. The highest BCUT2D eigenvalue weighted by Crippen LogP contribution is 2.27. The molecule has 7 nitrogen and oxygen atoms in total. The number of ether oxygens (including phenoxy) is 1. The van der Waals surface area contributed by atoms with Gasteiger partial charge in [0.2, 0.25) is 5.88 Å². The minimum absolute atomic E-state index is 0.123. The van der Waals surface area contributed by atoms with E-state index in [1.807, 2.05) is 6.07 Å². The van der Waals surface area contributed by atoms with Crippen molar-refractivity contribution in [2.45, 2.75) is 57.4 Å². The number of carboxylic acids is 1. The Morgan fingerprint density at radius 3 is 2.70 bits per heavy atom. The van der Waals surface area contributed by atoms with Gasteiger partial charge < -0.3 is 20.1 Å². The number of nitrogens with zero attached hydrogens (tertiary/aromatic N) is 2. The number of aliphatic carboxylic acids is 1. The van der Waals surface area contributed by atoms with Crippen LogP contribution in [0.5, 0.6) is 5.88 Å². The van der Waals surface area contributed by atoms with Gasteiger partial charge in [0.1, 0.15) is 11.4 Å². The standard InChI is InChI=1S/C20H29N3O4/c1-27-20-16(19(26)21-15-7-3-2-4-8-15)9-10-17(22-20)23-11-5-6-14(13-23)12-18(24)25/h9-10,14-15H,2-8,11-13H2,1H3,(H,21,26)(H,24,25)/t14-/m0/s1. The Morgan fingerprint density at radius 1 is 1.22 bits per heavy atom. The SMILES string of the molecule is COc1nc(N2CCC[C@@H](CC(=O)O)C2)ccc1C(=O)NC1CCCCC1. The average molecular weight is 375 g/mol. The monoisotopic (exact) mass is 375 g/mol. The molecule has 0 aromatic carbocycles. The van der Waals surface area contributed by atoms with Crippen molar-refractivity contribution < 1.29 is 19.4 Å². The number of hydrogen-bond donors (Lipinski definition) is 2. The van der Waals surface area contributed by atoms with Gasteiger partial charge in [0.15, 0.2) is 0 Å². The molecule has 2 fully saturated rings. The van der Waals surface area contributed by atoms with E-state index in [2.05, 4.69) is 15.2 Å². The van der Waals surface area contributed by atoms with Gasteiger partial charge in [-0.05, 0) is 43.7 Å². The summed E-state index contributed by atoms with van der Waals surface area (Å²) >= 11 is 0. The van der Waals surface area contributed by atoms with Crippen LogP contribution >= 0.6 is 0 Å². The molecular weight excluding hydrogens is 346 g/mol. The van der Waals surface area contributed by atoms with Crippen LogP contribution in [0.2, 0.25) is 0 Å². The minimum Gasteiger partial charge on any atom is -0.481 e. The van der Waals surface area contributed by atoms with Crippen LogP contribution in [0, 0.1) is 5.92 Å². The minimum atomic E-state index is -0.762. The van der Waals surface area contributed by atoms with E-state index < -0.39 is 5.97 Å². The third-order valence-electron chi connectivity index (χ3n) is 5.53. The van der Waals surface area contributed by atoms with Gasteiger partial charge in [0.05, 0.1) is 7.11 Å². The summed E-state index contributed by atoms with van der Waals surface area (Å²) in [5.74, 6) is 0.276. The molecule has 2 heterocycles. The van der Waals surface area contributed by atoms with Gasteiger partial charge in [-0.15, -0.1) is 0 Å². The van der Waals surface area contributed by atoms with Crippen molar-refractivity contribution in [3.05, 3.63) is 17.7 Å². The maximum absolute atomic E-state index is 12.6. The molecule has 0 radical (unpaired) electrons. The van der Waals surface area contributed by atoms with Gasteiger partial charge >= 0.3 is 5.97 Å². The van der Waals surface area contributed by atoms with Gasteiger partial charge in [-0.25, -0.2) is 0 Å². The molecule has 1 atom stereocenters. The zero-order chi connectivity index (χ0) is 19.2. The van der Waals surface area contributed by atoms with E-state index in [4.69, 9.17) is 9.84 Å². The van der Waals surface area contributed by atoms with Crippen LogP contribution in [0.15, 0.2) is 12.1 Å². The number of carbonyl (C=O) groups is 2. The van der Waals surface area contributed by atoms with Crippen LogP contribution in [0.1, 0.15) is 61.7 Å². The first-order valence-corrected chi connectivity index (χ1v) is 9.89. The van der Waals surface area contributed by atoms with Crippen LogP contribution < -0.4 is 15.0 Å². The Hall–Kier alpha value is -2.31. The van der Waals surface area contributed by atoms with Crippen molar-refractivity contribution >= 4 is 17.7 Å². The maximum atomic E-state index is 12.6. The third-order valence-corrected chi connectivity index (χ3v) is 5.53. The number of pyridine rings is 1. The van der Waals surface area contributed by atoms with Gasteiger partial charge in [-0.1, -0.05) is 19.3 Å². The van der Waals surface area contributed by atoms with E-state index >= 15 is 0 Å². The first kappa shape index (κ1) is 19.5. The van der Waals surface area contributed by atoms with E-state index in [0.717, 1.165) is 50.9 Å². The number of carbonyl (C=O) groups excluding carboxylic acids is 1. The van der Waals surface area contributed by atoms with E-state index in [-0.39, 0.29) is 24.3 Å². The predicted molar refractivity (Wildman–Crippen MR) is 102 cm³/mol. The Labute approximate surface area is 160 Å². The molecule has 1 aromatic heterocycles. The van der Waals surface area contributed by atoms with Crippen molar-refractivity contribution in [2.75, 3.05) is 25.1 Å². The van der Waals surface area contributed by atoms with Crippen molar-refractivity contribution in [1.82, 2.24) is 10.3 Å².